The van der Waals surface area contributed by atoms with Crippen molar-refractivity contribution in [2.75, 3.05) is 6.54 Å². The van der Waals surface area contributed by atoms with E-state index >= 15 is 0 Å². The Labute approximate surface area is 238 Å². The van der Waals surface area contributed by atoms with Gasteiger partial charge in [0.2, 0.25) is 11.5 Å². The van der Waals surface area contributed by atoms with Crippen LogP contribution in [0.3, 0.4) is 0 Å². The van der Waals surface area contributed by atoms with Crippen LogP contribution in [-0.2, 0) is 23.9 Å². The summed E-state index contributed by atoms with van der Waals surface area (Å²) in [5.41, 5.74) is 0.483. The van der Waals surface area contributed by atoms with Crippen molar-refractivity contribution < 1.29 is 26.9 Å². The highest BCUT2D eigenvalue weighted by molar-refractivity contribution is 5.97. The van der Waals surface area contributed by atoms with E-state index in [1.54, 1.807) is 66.6 Å². The number of halogens is 4. The van der Waals surface area contributed by atoms with Crippen molar-refractivity contribution in [1.82, 2.24) is 19.1 Å². The fourth-order valence-electron chi connectivity index (χ4n) is 4.71. The molecule has 2 aromatic heterocycles. The Hall–Kier alpha value is -4.93. The maximum atomic E-state index is 13.9. The molecular weight excluding hydrogens is 550 g/mol. The molecule has 5 aromatic rings. The zero-order chi connectivity index (χ0) is 30.0. The Morgan fingerprint density at radius 3 is 2.45 bits per heavy atom. The van der Waals surface area contributed by atoms with Gasteiger partial charge < -0.3 is 4.57 Å². The first-order valence-corrected chi connectivity index (χ1v) is 13.1. The molecule has 0 saturated carbocycles. The molecule has 0 N–H and O–H groups in total. The minimum Gasteiger partial charge on any atom is -0.331 e. The highest BCUT2D eigenvalue weighted by atomic mass is 19.4. The summed E-state index contributed by atoms with van der Waals surface area (Å²) in [6.07, 6.45) is -0.480. The molecular formula is C31H26F4N5O2+. The molecule has 214 valence electrons. The summed E-state index contributed by atoms with van der Waals surface area (Å²) in [6.45, 7) is 3.96. The first-order valence-electron chi connectivity index (χ1n) is 13.1. The fraction of sp³-hybridized carbons (Fsp3) is 0.194. The van der Waals surface area contributed by atoms with Crippen molar-refractivity contribution in [3.63, 3.8) is 0 Å². The van der Waals surface area contributed by atoms with Crippen molar-refractivity contribution in [2.45, 2.75) is 33.0 Å². The predicted molar refractivity (Wildman–Crippen MR) is 149 cm³/mol. The highest BCUT2D eigenvalue weighted by Gasteiger charge is 2.35. The topological polar surface area (TPSA) is 72.8 Å². The smallest absolute Gasteiger partial charge is 0.331 e. The molecule has 5 rings (SSSR count). The minimum atomic E-state index is -4.91. The van der Waals surface area contributed by atoms with Gasteiger partial charge in [0.25, 0.3) is 5.56 Å². The average molecular weight is 577 g/mol. The summed E-state index contributed by atoms with van der Waals surface area (Å²) >= 11 is 0. The molecule has 0 saturated heterocycles. The van der Waals surface area contributed by atoms with Gasteiger partial charge in [0.15, 0.2) is 6.54 Å². The molecule has 0 radical (unpaired) electrons. The van der Waals surface area contributed by atoms with Gasteiger partial charge in [-0.15, -0.1) is 0 Å². The van der Waals surface area contributed by atoms with Gasteiger partial charge in [-0.2, -0.15) is 17.7 Å². The number of amides is 1. The van der Waals surface area contributed by atoms with Crippen LogP contribution in [0.5, 0.6) is 0 Å². The summed E-state index contributed by atoms with van der Waals surface area (Å²) in [4.78, 5) is 36.3. The number of aryl methyl sites for hydroxylation is 1. The molecule has 1 amide bonds. The second-order valence-electron chi connectivity index (χ2n) is 9.85. The van der Waals surface area contributed by atoms with Crippen LogP contribution in [0.2, 0.25) is 0 Å². The van der Waals surface area contributed by atoms with Gasteiger partial charge in [0.05, 0.1) is 41.4 Å². The summed E-state index contributed by atoms with van der Waals surface area (Å²) in [5, 5.41) is 0.386. The molecule has 0 aliphatic rings. The SMILES string of the molecule is CC(c1nc2ccccc2c(=O)n1-c1ccc(C)cc1)=[N+](CCn1ccnc1)C(=O)Cc1ccc(F)c(C(F)(F)F)c1. The molecule has 7 nitrogen and oxygen atoms in total. The number of carbonyl (C=O) groups is 1. The Morgan fingerprint density at radius 2 is 1.76 bits per heavy atom. The number of fused-ring (bicyclic) bond motifs is 1. The number of nitrogens with zero attached hydrogens (tertiary/aromatic N) is 5. The minimum absolute atomic E-state index is 0.00319. The van der Waals surface area contributed by atoms with Crippen LogP contribution in [0.1, 0.15) is 29.4 Å². The standard InChI is InChI=1S/C31H26F4N5O2/c1-20-7-10-23(11-8-20)40-29(37-27-6-4-3-5-24(27)30(40)42)21(2)39(16-15-38-14-13-36-19-38)28(41)18-22-9-12-26(32)25(17-22)31(33,34)35/h3-14,17,19H,15-16,18H2,1-2H3/q+1. The van der Waals surface area contributed by atoms with Crippen molar-refractivity contribution in [3.05, 3.63) is 124 Å². The number of imidazole rings is 1. The van der Waals surface area contributed by atoms with Crippen LogP contribution < -0.4 is 5.56 Å². The molecule has 0 bridgehead atoms. The van der Waals surface area contributed by atoms with Crippen LogP contribution in [0.25, 0.3) is 16.6 Å². The Morgan fingerprint density at radius 1 is 1.02 bits per heavy atom. The fourth-order valence-corrected chi connectivity index (χ4v) is 4.71. The average Bonchev–Trinajstić information content (AvgIpc) is 3.48. The molecule has 11 heteroatoms. The van der Waals surface area contributed by atoms with Crippen LogP contribution >= 0.6 is 0 Å². The molecule has 0 aliphatic heterocycles. The third kappa shape index (κ3) is 5.90. The van der Waals surface area contributed by atoms with E-state index in [2.05, 4.69) is 4.98 Å². The van der Waals surface area contributed by atoms with E-state index < -0.39 is 29.9 Å². The summed E-state index contributed by atoms with van der Waals surface area (Å²) in [6, 6.07) is 16.6. The van der Waals surface area contributed by atoms with Gasteiger partial charge in [-0.1, -0.05) is 35.9 Å². The van der Waals surface area contributed by atoms with Gasteiger partial charge >= 0.3 is 12.1 Å². The number of aromatic nitrogens is 4. The number of para-hydroxylation sites is 1. The second-order valence-corrected chi connectivity index (χ2v) is 9.85. The van der Waals surface area contributed by atoms with Gasteiger partial charge in [-0.25, -0.2) is 19.2 Å². The Kier molecular flexibility index (Phi) is 7.84. The van der Waals surface area contributed by atoms with Crippen molar-refractivity contribution >= 4 is 22.5 Å². The third-order valence-electron chi connectivity index (χ3n) is 6.93. The van der Waals surface area contributed by atoms with Gasteiger partial charge in [0, 0.05) is 19.3 Å². The molecule has 3 aromatic carbocycles. The first kappa shape index (κ1) is 28.6. The lowest BCUT2D eigenvalue weighted by Crippen LogP contribution is -2.35. The van der Waals surface area contributed by atoms with Crippen molar-refractivity contribution in [1.29, 1.82) is 0 Å². The Bertz CT molecular complexity index is 1860. The van der Waals surface area contributed by atoms with Crippen LogP contribution in [-0.4, -0.2) is 41.8 Å². The monoisotopic (exact) mass is 576 g/mol. The van der Waals surface area contributed by atoms with E-state index in [1.165, 1.54) is 9.14 Å². The number of hydrogen-bond donors (Lipinski definition) is 0. The number of hydrogen-bond acceptors (Lipinski definition) is 4. The quantitative estimate of drug-likeness (QED) is 0.149. The largest absolute Gasteiger partial charge is 0.419 e. The van der Waals surface area contributed by atoms with E-state index in [0.717, 1.165) is 11.6 Å². The lowest BCUT2D eigenvalue weighted by Gasteiger charge is -2.14. The molecule has 0 fully saturated rings. The molecule has 0 aliphatic carbocycles. The molecule has 0 spiro atoms. The summed E-state index contributed by atoms with van der Waals surface area (Å²) in [7, 11) is 0. The van der Waals surface area contributed by atoms with E-state index in [1.807, 2.05) is 19.1 Å². The summed E-state index contributed by atoms with van der Waals surface area (Å²) < 4.78 is 58.6. The normalized spacial score (nSPS) is 12.4. The van der Waals surface area contributed by atoms with Gasteiger partial charge in [-0.3, -0.25) is 9.36 Å². The maximum Gasteiger partial charge on any atom is 0.419 e. The zero-order valence-electron chi connectivity index (χ0n) is 22.8. The Balaban J connectivity index is 1.67. The van der Waals surface area contributed by atoms with Crippen molar-refractivity contribution in [3.8, 4) is 5.69 Å². The molecule has 42 heavy (non-hydrogen) atoms. The van der Waals surface area contributed by atoms with Crippen LogP contribution in [0, 0.1) is 12.7 Å². The molecule has 0 atom stereocenters. The van der Waals surface area contributed by atoms with Crippen LogP contribution in [0.4, 0.5) is 17.6 Å². The number of alkyl halides is 3. The number of rotatable bonds is 7. The van der Waals surface area contributed by atoms with E-state index in [0.29, 0.717) is 41.0 Å². The maximum absolute atomic E-state index is 13.9. The predicted octanol–water partition coefficient (Wildman–Crippen LogP) is 5.34. The van der Waals surface area contributed by atoms with E-state index in [-0.39, 0.29) is 23.5 Å². The highest BCUT2D eigenvalue weighted by Crippen LogP contribution is 2.32. The van der Waals surface area contributed by atoms with E-state index in [4.69, 9.17) is 4.98 Å². The zero-order valence-corrected chi connectivity index (χ0v) is 22.8. The van der Waals surface area contributed by atoms with Gasteiger partial charge in [-0.05, 0) is 48.9 Å². The van der Waals surface area contributed by atoms with E-state index in [9.17, 15) is 27.2 Å². The number of carbonyl (C=O) groups excluding carboxylic acids is 1. The second kappa shape index (κ2) is 11.5. The van der Waals surface area contributed by atoms with Crippen LogP contribution in [0.15, 0.2) is 90.2 Å². The van der Waals surface area contributed by atoms with Gasteiger partial charge in [0.1, 0.15) is 5.82 Å². The molecule has 2 heterocycles. The number of benzene rings is 3. The van der Waals surface area contributed by atoms with Crippen molar-refractivity contribution in [2.24, 2.45) is 0 Å². The first-order chi connectivity index (χ1) is 20.0. The lowest BCUT2D eigenvalue weighted by atomic mass is 10.1. The third-order valence-corrected chi connectivity index (χ3v) is 6.93. The lowest BCUT2D eigenvalue weighted by molar-refractivity contribution is -0.450. The summed E-state index contributed by atoms with van der Waals surface area (Å²) in [5.74, 6) is -1.76. The molecule has 0 unspecified atom stereocenters.